The smallest absolute Gasteiger partial charge is 0.181 e. The molecule has 42 heavy (non-hydrogen) atoms. The van der Waals surface area contributed by atoms with Gasteiger partial charge >= 0.3 is 0 Å². The molecule has 0 atom stereocenters. The molecule has 9 heteroatoms. The van der Waals surface area contributed by atoms with Gasteiger partial charge in [0.15, 0.2) is 9.84 Å². The van der Waals surface area contributed by atoms with Gasteiger partial charge in [-0.1, -0.05) is 24.3 Å². The maximum absolute atomic E-state index is 13.6. The lowest BCUT2D eigenvalue weighted by Crippen LogP contribution is -2.24. The predicted octanol–water partition coefficient (Wildman–Crippen LogP) is 6.00. The Morgan fingerprint density at radius 3 is 2.43 bits per heavy atom. The highest BCUT2D eigenvalue weighted by atomic mass is 32.2. The molecule has 0 aliphatic carbocycles. The summed E-state index contributed by atoms with van der Waals surface area (Å²) in [6.07, 6.45) is 16.0. The molecule has 216 valence electrons. The molecule has 0 spiro atoms. The largest absolute Gasteiger partial charge is 0.373 e. The van der Waals surface area contributed by atoms with E-state index < -0.39 is 9.84 Å². The molecular formula is C33H34FN5O2S. The number of hydrazine groups is 1. The lowest BCUT2D eigenvalue weighted by Gasteiger charge is -2.25. The van der Waals surface area contributed by atoms with Crippen LogP contribution in [-0.4, -0.2) is 61.2 Å². The van der Waals surface area contributed by atoms with Crippen molar-refractivity contribution in [2.24, 2.45) is 0 Å². The number of rotatable bonds is 10. The zero-order valence-electron chi connectivity index (χ0n) is 23.7. The number of H-pyrrole nitrogens is 1. The standard InChI is InChI=1S/C33H34FN5O2S/c1-38(2)37-17-3-23-42(40,41)30-10-4-25(5-11-30)14-20-39-21-15-26(16-22-39)31-24-36-33(28-6-8-29(34)9-7-28)32(31)27-12-18-35-19-13-27/h3-15,17-20,24,36-37H,16,21-23H2,1-2H3. The molecule has 1 aliphatic heterocycles. The fourth-order valence-corrected chi connectivity index (χ4v) is 5.95. The van der Waals surface area contributed by atoms with Crippen molar-refractivity contribution in [2.75, 3.05) is 32.9 Å². The number of hydrogen-bond donors (Lipinski definition) is 2. The van der Waals surface area contributed by atoms with E-state index in [0.717, 1.165) is 53.0 Å². The van der Waals surface area contributed by atoms with Crippen molar-refractivity contribution in [3.63, 3.8) is 0 Å². The van der Waals surface area contributed by atoms with Gasteiger partial charge in [0.2, 0.25) is 0 Å². The third-order valence-corrected chi connectivity index (χ3v) is 8.67. The van der Waals surface area contributed by atoms with Crippen molar-refractivity contribution in [2.45, 2.75) is 11.3 Å². The molecule has 5 rings (SSSR count). The zero-order chi connectivity index (χ0) is 29.5. The second kappa shape index (κ2) is 13.0. The first-order chi connectivity index (χ1) is 20.3. The number of nitrogens with zero attached hydrogens (tertiary/aromatic N) is 3. The molecule has 4 aromatic rings. The number of halogens is 1. The maximum atomic E-state index is 13.6. The SMILES string of the molecule is CN(C)NC=CCS(=O)(=O)c1ccc(C=CN2CC=C(c3c[nH]c(-c4ccc(F)cc4)c3-c3ccncc3)CC2)cc1. The number of pyridine rings is 1. The minimum absolute atomic E-state index is 0.0686. The van der Waals surface area contributed by atoms with Gasteiger partial charge in [-0.05, 0) is 89.5 Å². The van der Waals surface area contributed by atoms with Gasteiger partial charge < -0.3 is 15.3 Å². The van der Waals surface area contributed by atoms with Crippen LogP contribution in [0, 0.1) is 5.82 Å². The van der Waals surface area contributed by atoms with Gasteiger partial charge in [0.25, 0.3) is 0 Å². The second-order valence-corrected chi connectivity index (χ2v) is 12.3. The monoisotopic (exact) mass is 583 g/mol. The Labute approximate surface area is 246 Å². The van der Waals surface area contributed by atoms with Crippen LogP contribution in [-0.2, 0) is 9.84 Å². The van der Waals surface area contributed by atoms with Crippen molar-refractivity contribution in [1.82, 2.24) is 25.3 Å². The van der Waals surface area contributed by atoms with Gasteiger partial charge in [-0.2, -0.15) is 0 Å². The highest BCUT2D eigenvalue weighted by molar-refractivity contribution is 7.91. The van der Waals surface area contributed by atoms with Gasteiger partial charge in [-0.25, -0.2) is 17.8 Å². The Bertz CT molecular complexity index is 1690. The summed E-state index contributed by atoms with van der Waals surface area (Å²) in [5.41, 5.74) is 10.2. The number of hydrogen-bond acceptors (Lipinski definition) is 6. The molecule has 0 fully saturated rings. The third-order valence-electron chi connectivity index (χ3n) is 7.05. The number of aromatic amines is 1. The number of benzene rings is 2. The van der Waals surface area contributed by atoms with Gasteiger partial charge in [-0.3, -0.25) is 4.98 Å². The van der Waals surface area contributed by atoms with Crippen molar-refractivity contribution >= 4 is 21.5 Å². The van der Waals surface area contributed by atoms with Crippen LogP contribution in [0.5, 0.6) is 0 Å². The van der Waals surface area contributed by atoms with Crippen LogP contribution in [0.4, 0.5) is 4.39 Å². The quantitative estimate of drug-likeness (QED) is 0.223. The average Bonchev–Trinajstić information content (AvgIpc) is 3.45. The zero-order valence-corrected chi connectivity index (χ0v) is 24.5. The Morgan fingerprint density at radius 1 is 1.02 bits per heavy atom. The van der Waals surface area contributed by atoms with Crippen LogP contribution in [0.1, 0.15) is 17.5 Å². The number of nitrogens with one attached hydrogen (secondary N) is 2. The summed E-state index contributed by atoms with van der Waals surface area (Å²) in [6, 6.07) is 17.5. The molecule has 2 aromatic carbocycles. The lowest BCUT2D eigenvalue weighted by atomic mass is 9.92. The highest BCUT2D eigenvalue weighted by Crippen LogP contribution is 2.39. The summed E-state index contributed by atoms with van der Waals surface area (Å²) in [7, 11) is 0.269. The Morgan fingerprint density at radius 2 is 1.76 bits per heavy atom. The van der Waals surface area contributed by atoms with E-state index in [0.29, 0.717) is 4.90 Å². The van der Waals surface area contributed by atoms with Crippen LogP contribution < -0.4 is 5.43 Å². The summed E-state index contributed by atoms with van der Waals surface area (Å²) in [5.74, 6) is -0.331. The number of sulfone groups is 1. The topological polar surface area (TPSA) is 81.3 Å². The molecule has 3 heterocycles. The molecule has 2 N–H and O–H groups in total. The fourth-order valence-electron chi connectivity index (χ4n) is 4.85. The highest BCUT2D eigenvalue weighted by Gasteiger charge is 2.20. The first-order valence-corrected chi connectivity index (χ1v) is 15.4. The molecule has 0 radical (unpaired) electrons. The first kappa shape index (κ1) is 29.0. The Hall–Kier alpha value is -4.47. The number of aromatic nitrogens is 2. The van der Waals surface area contributed by atoms with Crippen LogP contribution >= 0.6 is 0 Å². The van der Waals surface area contributed by atoms with Gasteiger partial charge in [0.1, 0.15) is 5.82 Å². The van der Waals surface area contributed by atoms with Crippen molar-refractivity contribution < 1.29 is 12.8 Å². The summed E-state index contributed by atoms with van der Waals surface area (Å²) < 4.78 is 38.8. The molecule has 7 nitrogen and oxygen atoms in total. The normalized spacial score (nSPS) is 14.2. The van der Waals surface area contributed by atoms with Gasteiger partial charge in [-0.15, -0.1) is 0 Å². The van der Waals surface area contributed by atoms with Crippen LogP contribution in [0.3, 0.4) is 0 Å². The molecule has 1 aliphatic rings. The van der Waals surface area contributed by atoms with E-state index in [2.05, 4.69) is 32.6 Å². The molecule has 0 unspecified atom stereocenters. The summed E-state index contributed by atoms with van der Waals surface area (Å²) in [6.45, 7) is 1.59. The first-order valence-electron chi connectivity index (χ1n) is 13.7. The van der Waals surface area contributed by atoms with E-state index in [1.165, 1.54) is 17.7 Å². The fraction of sp³-hybridized carbons (Fsp3) is 0.182. The molecular weight excluding hydrogens is 549 g/mol. The molecule has 0 bridgehead atoms. The van der Waals surface area contributed by atoms with Gasteiger partial charge in [0, 0.05) is 63.1 Å². The van der Waals surface area contributed by atoms with Crippen molar-refractivity contribution in [3.8, 4) is 22.4 Å². The maximum Gasteiger partial charge on any atom is 0.181 e. The second-order valence-electron chi connectivity index (χ2n) is 10.3. The van der Waals surface area contributed by atoms with E-state index in [9.17, 15) is 12.8 Å². The van der Waals surface area contributed by atoms with E-state index in [1.54, 1.807) is 53.9 Å². The van der Waals surface area contributed by atoms with Crippen LogP contribution in [0.15, 0.2) is 109 Å². The Balaban J connectivity index is 1.28. The van der Waals surface area contributed by atoms with E-state index in [-0.39, 0.29) is 11.6 Å². The molecule has 0 saturated heterocycles. The summed E-state index contributed by atoms with van der Waals surface area (Å²) in [4.78, 5) is 10.1. The lowest BCUT2D eigenvalue weighted by molar-refractivity contribution is 0.342. The minimum Gasteiger partial charge on any atom is -0.373 e. The van der Waals surface area contributed by atoms with E-state index >= 15 is 0 Å². The van der Waals surface area contributed by atoms with Crippen LogP contribution in [0.25, 0.3) is 34.0 Å². The summed E-state index contributed by atoms with van der Waals surface area (Å²) in [5, 5.41) is 1.73. The third kappa shape index (κ3) is 7.05. The molecule has 0 saturated carbocycles. The Kier molecular flexibility index (Phi) is 9.00. The summed E-state index contributed by atoms with van der Waals surface area (Å²) >= 11 is 0. The van der Waals surface area contributed by atoms with Crippen molar-refractivity contribution in [3.05, 3.63) is 121 Å². The molecule has 2 aromatic heterocycles. The van der Waals surface area contributed by atoms with Crippen molar-refractivity contribution in [1.29, 1.82) is 0 Å². The van der Waals surface area contributed by atoms with Crippen LogP contribution in [0.2, 0.25) is 0 Å². The van der Waals surface area contributed by atoms with E-state index in [4.69, 9.17) is 0 Å². The molecule has 0 amide bonds. The minimum atomic E-state index is -3.39. The predicted molar refractivity (Wildman–Crippen MR) is 167 cm³/mol. The average molecular weight is 584 g/mol. The van der Waals surface area contributed by atoms with Gasteiger partial charge in [0.05, 0.1) is 16.3 Å². The van der Waals surface area contributed by atoms with E-state index in [1.807, 2.05) is 50.6 Å².